The lowest BCUT2D eigenvalue weighted by atomic mass is 10.1. The van der Waals surface area contributed by atoms with Gasteiger partial charge >= 0.3 is 0 Å². The number of halogens is 1. The van der Waals surface area contributed by atoms with Gasteiger partial charge in [-0.15, -0.1) is 11.6 Å². The van der Waals surface area contributed by atoms with Crippen molar-refractivity contribution >= 4 is 11.6 Å². The third-order valence-corrected chi connectivity index (χ3v) is 2.48. The summed E-state index contributed by atoms with van der Waals surface area (Å²) < 4.78 is 10.8. The van der Waals surface area contributed by atoms with Gasteiger partial charge in [0.05, 0.1) is 12.0 Å². The SMILES string of the molecule is COC(C)COc1ccc(C#CCCl)cc1C. The van der Waals surface area contributed by atoms with Gasteiger partial charge in [-0.05, 0) is 37.6 Å². The van der Waals surface area contributed by atoms with Gasteiger partial charge in [0.1, 0.15) is 12.4 Å². The predicted octanol–water partition coefficient (Wildman–Crippen LogP) is 3.00. The number of benzene rings is 1. The molecule has 0 fully saturated rings. The predicted molar refractivity (Wildman–Crippen MR) is 70.7 cm³/mol. The molecule has 1 rings (SSSR count). The number of ether oxygens (including phenoxy) is 2. The fourth-order valence-corrected chi connectivity index (χ4v) is 1.37. The van der Waals surface area contributed by atoms with E-state index < -0.39 is 0 Å². The quantitative estimate of drug-likeness (QED) is 0.606. The summed E-state index contributed by atoms with van der Waals surface area (Å²) in [5, 5.41) is 0. The number of rotatable bonds is 4. The summed E-state index contributed by atoms with van der Waals surface area (Å²) in [5.41, 5.74) is 2.02. The van der Waals surface area contributed by atoms with Crippen molar-refractivity contribution in [1.82, 2.24) is 0 Å². The van der Waals surface area contributed by atoms with Gasteiger partial charge in [-0.3, -0.25) is 0 Å². The van der Waals surface area contributed by atoms with E-state index >= 15 is 0 Å². The maximum Gasteiger partial charge on any atom is 0.122 e. The molecule has 2 nitrogen and oxygen atoms in total. The van der Waals surface area contributed by atoms with Crippen molar-refractivity contribution in [2.24, 2.45) is 0 Å². The van der Waals surface area contributed by atoms with Crippen LogP contribution in [0.25, 0.3) is 0 Å². The van der Waals surface area contributed by atoms with Crippen molar-refractivity contribution in [3.05, 3.63) is 29.3 Å². The van der Waals surface area contributed by atoms with Gasteiger partial charge in [-0.25, -0.2) is 0 Å². The van der Waals surface area contributed by atoms with E-state index in [1.807, 2.05) is 32.0 Å². The molecule has 0 radical (unpaired) electrons. The average molecular weight is 253 g/mol. The average Bonchev–Trinajstić information content (AvgIpc) is 2.34. The number of hydrogen-bond acceptors (Lipinski definition) is 2. The second-order valence-corrected chi connectivity index (χ2v) is 4.04. The van der Waals surface area contributed by atoms with Crippen LogP contribution in [0.15, 0.2) is 18.2 Å². The van der Waals surface area contributed by atoms with Gasteiger partial charge in [0.2, 0.25) is 0 Å². The minimum absolute atomic E-state index is 0.0881. The summed E-state index contributed by atoms with van der Waals surface area (Å²) in [4.78, 5) is 0. The standard InChI is InChI=1S/C14H17ClO2/c1-11-9-13(5-4-8-15)6-7-14(11)17-10-12(2)16-3/h6-7,9,12H,8,10H2,1-3H3. The molecule has 1 aromatic carbocycles. The van der Waals surface area contributed by atoms with Crippen LogP contribution < -0.4 is 4.74 Å². The van der Waals surface area contributed by atoms with E-state index in [4.69, 9.17) is 21.1 Å². The Kier molecular flexibility index (Phi) is 5.90. The summed E-state index contributed by atoms with van der Waals surface area (Å²) in [7, 11) is 1.67. The molecule has 0 saturated heterocycles. The first-order chi connectivity index (χ1) is 8.17. The van der Waals surface area contributed by atoms with Crippen LogP contribution in [0.4, 0.5) is 0 Å². The molecule has 92 valence electrons. The first-order valence-corrected chi connectivity index (χ1v) is 6.02. The zero-order valence-corrected chi connectivity index (χ0v) is 11.2. The Balaban J connectivity index is 2.69. The normalized spacial score (nSPS) is 11.5. The summed E-state index contributed by atoms with van der Waals surface area (Å²) in [6, 6.07) is 5.85. The van der Waals surface area contributed by atoms with E-state index in [2.05, 4.69) is 11.8 Å². The number of alkyl halides is 1. The lowest BCUT2D eigenvalue weighted by Gasteiger charge is -2.13. The second-order valence-electron chi connectivity index (χ2n) is 3.77. The van der Waals surface area contributed by atoms with Crippen LogP contribution in [-0.4, -0.2) is 25.7 Å². The molecule has 1 unspecified atom stereocenters. The van der Waals surface area contributed by atoms with E-state index in [0.717, 1.165) is 16.9 Å². The molecule has 0 bridgehead atoms. The molecule has 17 heavy (non-hydrogen) atoms. The van der Waals surface area contributed by atoms with Gasteiger partial charge < -0.3 is 9.47 Å². The monoisotopic (exact) mass is 252 g/mol. The summed E-state index contributed by atoms with van der Waals surface area (Å²) in [6.07, 6.45) is 0.0881. The molecule has 0 aliphatic heterocycles. The lowest BCUT2D eigenvalue weighted by molar-refractivity contribution is 0.0714. The number of aryl methyl sites for hydroxylation is 1. The highest BCUT2D eigenvalue weighted by atomic mass is 35.5. The van der Waals surface area contributed by atoms with Gasteiger partial charge in [0, 0.05) is 12.7 Å². The van der Waals surface area contributed by atoms with Crippen LogP contribution in [0.5, 0.6) is 5.75 Å². The van der Waals surface area contributed by atoms with Crippen LogP contribution >= 0.6 is 11.6 Å². The minimum atomic E-state index is 0.0881. The van der Waals surface area contributed by atoms with Crippen LogP contribution in [0.3, 0.4) is 0 Å². The Bertz CT molecular complexity index is 418. The molecule has 0 aliphatic carbocycles. The van der Waals surface area contributed by atoms with Crippen LogP contribution in [-0.2, 0) is 4.74 Å². The summed E-state index contributed by atoms with van der Waals surface area (Å²) in [5.74, 6) is 7.02. The molecule has 0 N–H and O–H groups in total. The first kappa shape index (κ1) is 13.9. The highest BCUT2D eigenvalue weighted by molar-refractivity contribution is 6.19. The molecule has 0 heterocycles. The molecule has 0 saturated carbocycles. The Morgan fingerprint density at radius 1 is 1.41 bits per heavy atom. The van der Waals surface area contributed by atoms with E-state index in [0.29, 0.717) is 12.5 Å². The highest BCUT2D eigenvalue weighted by Gasteiger charge is 2.03. The molecule has 0 aliphatic rings. The van der Waals surface area contributed by atoms with Crippen molar-refractivity contribution in [1.29, 1.82) is 0 Å². The fourth-order valence-electron chi connectivity index (χ4n) is 1.30. The molecule has 1 atom stereocenters. The largest absolute Gasteiger partial charge is 0.491 e. The molecule has 0 amide bonds. The topological polar surface area (TPSA) is 18.5 Å². The van der Waals surface area contributed by atoms with Crippen molar-refractivity contribution in [3.8, 4) is 17.6 Å². The highest BCUT2D eigenvalue weighted by Crippen LogP contribution is 2.19. The molecule has 0 aromatic heterocycles. The van der Waals surface area contributed by atoms with E-state index in [1.54, 1.807) is 7.11 Å². The zero-order valence-electron chi connectivity index (χ0n) is 10.4. The molecule has 1 aromatic rings. The summed E-state index contributed by atoms with van der Waals surface area (Å²) in [6.45, 7) is 4.51. The Morgan fingerprint density at radius 2 is 2.18 bits per heavy atom. The molecule has 0 spiro atoms. The van der Waals surface area contributed by atoms with Gasteiger partial charge in [-0.2, -0.15) is 0 Å². The van der Waals surface area contributed by atoms with Gasteiger partial charge in [0.15, 0.2) is 0 Å². The maximum atomic E-state index is 5.65. The van der Waals surface area contributed by atoms with E-state index in [1.165, 1.54) is 0 Å². The number of hydrogen-bond donors (Lipinski definition) is 0. The fraction of sp³-hybridized carbons (Fsp3) is 0.429. The molecular formula is C14H17ClO2. The van der Waals surface area contributed by atoms with Crippen molar-refractivity contribution < 1.29 is 9.47 Å². The second kappa shape index (κ2) is 7.21. The molecule has 3 heteroatoms. The minimum Gasteiger partial charge on any atom is -0.491 e. The van der Waals surface area contributed by atoms with Crippen molar-refractivity contribution in [2.45, 2.75) is 20.0 Å². The van der Waals surface area contributed by atoms with Crippen LogP contribution in [0.1, 0.15) is 18.1 Å². The zero-order chi connectivity index (χ0) is 12.7. The Labute approximate surface area is 108 Å². The molecular weight excluding hydrogens is 236 g/mol. The van der Waals surface area contributed by atoms with Gasteiger partial charge in [0.25, 0.3) is 0 Å². The van der Waals surface area contributed by atoms with E-state index in [-0.39, 0.29) is 6.10 Å². The summed E-state index contributed by atoms with van der Waals surface area (Å²) >= 11 is 5.51. The Morgan fingerprint density at radius 3 is 2.76 bits per heavy atom. The number of methoxy groups -OCH3 is 1. The third kappa shape index (κ3) is 4.68. The van der Waals surface area contributed by atoms with Crippen molar-refractivity contribution in [3.63, 3.8) is 0 Å². The van der Waals surface area contributed by atoms with Crippen LogP contribution in [0, 0.1) is 18.8 Å². The van der Waals surface area contributed by atoms with Crippen molar-refractivity contribution in [2.75, 3.05) is 19.6 Å². The van der Waals surface area contributed by atoms with E-state index in [9.17, 15) is 0 Å². The maximum absolute atomic E-state index is 5.65. The smallest absolute Gasteiger partial charge is 0.122 e. The Hall–Kier alpha value is -1.17. The van der Waals surface area contributed by atoms with Gasteiger partial charge in [-0.1, -0.05) is 11.8 Å². The van der Waals surface area contributed by atoms with Crippen LogP contribution in [0.2, 0.25) is 0 Å². The lowest BCUT2D eigenvalue weighted by Crippen LogP contribution is -2.16. The third-order valence-electron chi connectivity index (χ3n) is 2.35. The first-order valence-electron chi connectivity index (χ1n) is 5.48.